The van der Waals surface area contributed by atoms with Gasteiger partial charge < -0.3 is 0 Å². The minimum atomic E-state index is -0.170. The van der Waals surface area contributed by atoms with Crippen LogP contribution in [0.2, 0.25) is 5.02 Å². The van der Waals surface area contributed by atoms with Crippen LogP contribution in [0.4, 0.5) is 0 Å². The monoisotopic (exact) mass is 468 g/mol. The second kappa shape index (κ2) is 6.50. The fraction of sp³-hybridized carbons (Fsp3) is 0.421. The summed E-state index contributed by atoms with van der Waals surface area (Å²) in [5.74, 6) is 0.405. The molecule has 2 aromatic rings. The standard InChI is InChI=1S/C19H18ClIN2O2/c1-10(24)12-7-8-14-16(9-12)23(22-18(14)21)19(25)17-13(11-5-6-11)3-2-4-15(17)20/h2-4,11-12H,5-9H2,1H3/t12-/m0/s1. The molecule has 0 saturated heterocycles. The van der Waals surface area contributed by atoms with E-state index in [0.29, 0.717) is 22.9 Å². The van der Waals surface area contributed by atoms with Crippen LogP contribution < -0.4 is 0 Å². The Morgan fingerprint density at radius 3 is 2.72 bits per heavy atom. The van der Waals surface area contributed by atoms with Crippen molar-refractivity contribution in [1.82, 2.24) is 9.78 Å². The average molecular weight is 469 g/mol. The van der Waals surface area contributed by atoms with Crippen molar-refractivity contribution in [1.29, 1.82) is 0 Å². The number of carbonyl (C=O) groups excluding carboxylic acids is 2. The normalized spacial score (nSPS) is 19.6. The quantitative estimate of drug-likeness (QED) is 0.628. The third-order valence-corrected chi connectivity index (χ3v) is 6.45. The molecule has 1 heterocycles. The number of Topliss-reactive ketones (excluding diaryl/α,β-unsaturated/α-hetero) is 1. The van der Waals surface area contributed by atoms with Gasteiger partial charge in [-0.25, -0.2) is 0 Å². The van der Waals surface area contributed by atoms with Crippen LogP contribution in [0.3, 0.4) is 0 Å². The van der Waals surface area contributed by atoms with Crippen LogP contribution >= 0.6 is 34.2 Å². The first kappa shape index (κ1) is 17.2. The number of hydrogen-bond donors (Lipinski definition) is 0. The minimum absolute atomic E-state index is 0.0271. The summed E-state index contributed by atoms with van der Waals surface area (Å²) in [6.45, 7) is 1.63. The maximum absolute atomic E-state index is 13.3. The van der Waals surface area contributed by atoms with Crippen LogP contribution in [0, 0.1) is 9.62 Å². The molecule has 0 radical (unpaired) electrons. The molecule has 0 unspecified atom stereocenters. The summed E-state index contributed by atoms with van der Waals surface area (Å²) >= 11 is 8.58. The molecular formula is C19H18ClIN2O2. The van der Waals surface area contributed by atoms with E-state index in [2.05, 4.69) is 27.7 Å². The highest BCUT2D eigenvalue weighted by Crippen LogP contribution is 2.43. The van der Waals surface area contributed by atoms with Crippen LogP contribution in [0.1, 0.15) is 59.3 Å². The molecule has 0 aliphatic heterocycles. The van der Waals surface area contributed by atoms with E-state index in [1.165, 1.54) is 4.68 Å². The molecule has 2 aliphatic rings. The number of halogens is 2. The second-order valence-electron chi connectivity index (χ2n) is 6.96. The molecule has 2 aliphatic carbocycles. The van der Waals surface area contributed by atoms with Crippen LogP contribution in [0.5, 0.6) is 0 Å². The molecule has 1 fully saturated rings. The van der Waals surface area contributed by atoms with E-state index in [0.717, 1.165) is 46.2 Å². The molecule has 6 heteroatoms. The first-order chi connectivity index (χ1) is 12.0. The lowest BCUT2D eigenvalue weighted by molar-refractivity contribution is -0.121. The van der Waals surface area contributed by atoms with Gasteiger partial charge in [0, 0.05) is 11.5 Å². The van der Waals surface area contributed by atoms with Gasteiger partial charge in [0.25, 0.3) is 5.91 Å². The predicted octanol–water partition coefficient (Wildman–Crippen LogP) is 4.40. The first-order valence-electron chi connectivity index (χ1n) is 8.57. The van der Waals surface area contributed by atoms with Gasteiger partial charge in [0.15, 0.2) is 0 Å². The molecule has 4 nitrogen and oxygen atoms in total. The van der Waals surface area contributed by atoms with E-state index in [-0.39, 0.29) is 17.6 Å². The molecule has 1 aromatic carbocycles. The Hall–Kier alpha value is -1.21. The van der Waals surface area contributed by atoms with Gasteiger partial charge >= 0.3 is 0 Å². The highest BCUT2D eigenvalue weighted by Gasteiger charge is 2.33. The summed E-state index contributed by atoms with van der Waals surface area (Å²) in [7, 11) is 0. The first-order valence-corrected chi connectivity index (χ1v) is 10.0. The highest BCUT2D eigenvalue weighted by molar-refractivity contribution is 14.1. The van der Waals surface area contributed by atoms with Crippen LogP contribution in [0.25, 0.3) is 0 Å². The van der Waals surface area contributed by atoms with Crippen LogP contribution in [-0.4, -0.2) is 21.5 Å². The van der Waals surface area contributed by atoms with Crippen molar-refractivity contribution < 1.29 is 9.59 Å². The van der Waals surface area contributed by atoms with Crippen molar-refractivity contribution in [3.63, 3.8) is 0 Å². The summed E-state index contributed by atoms with van der Waals surface area (Å²) in [6, 6.07) is 5.66. The van der Waals surface area contributed by atoms with E-state index >= 15 is 0 Å². The van der Waals surface area contributed by atoms with Gasteiger partial charge in [-0.1, -0.05) is 23.7 Å². The molecule has 0 amide bonds. The second-order valence-corrected chi connectivity index (χ2v) is 8.39. The van der Waals surface area contributed by atoms with Crippen molar-refractivity contribution in [3.05, 3.63) is 49.3 Å². The Balaban J connectivity index is 1.79. The zero-order valence-corrected chi connectivity index (χ0v) is 16.8. The van der Waals surface area contributed by atoms with Gasteiger partial charge in [-0.2, -0.15) is 9.78 Å². The minimum Gasteiger partial charge on any atom is -0.300 e. The van der Waals surface area contributed by atoms with Crippen LogP contribution in [0.15, 0.2) is 18.2 Å². The third kappa shape index (κ3) is 3.05. The Bertz CT molecular complexity index is 886. The van der Waals surface area contributed by atoms with Crippen molar-refractivity contribution in [2.75, 3.05) is 0 Å². The summed E-state index contributed by atoms with van der Waals surface area (Å²) in [5.41, 5.74) is 3.57. The summed E-state index contributed by atoms with van der Waals surface area (Å²) < 4.78 is 2.35. The number of nitrogens with zero attached hydrogens (tertiary/aromatic N) is 2. The van der Waals surface area contributed by atoms with Gasteiger partial charge in [0.05, 0.1) is 16.3 Å². The van der Waals surface area contributed by atoms with Gasteiger partial charge in [0.1, 0.15) is 9.48 Å². The molecule has 25 heavy (non-hydrogen) atoms. The predicted molar refractivity (Wildman–Crippen MR) is 104 cm³/mol. The largest absolute Gasteiger partial charge is 0.300 e. The number of carbonyl (C=O) groups is 2. The van der Waals surface area contributed by atoms with Gasteiger partial charge in [-0.3, -0.25) is 9.59 Å². The van der Waals surface area contributed by atoms with Crippen molar-refractivity contribution in [2.24, 2.45) is 5.92 Å². The van der Waals surface area contributed by atoms with Gasteiger partial charge in [0.2, 0.25) is 0 Å². The molecule has 0 spiro atoms. The van der Waals surface area contributed by atoms with E-state index in [1.807, 2.05) is 12.1 Å². The lowest BCUT2D eigenvalue weighted by Crippen LogP contribution is -2.25. The molecule has 1 saturated carbocycles. The Labute approximate surface area is 165 Å². The number of hydrogen-bond acceptors (Lipinski definition) is 3. The number of rotatable bonds is 3. The number of ketones is 1. The molecule has 1 atom stereocenters. The zero-order valence-electron chi connectivity index (χ0n) is 13.9. The van der Waals surface area contributed by atoms with E-state index in [4.69, 9.17) is 11.6 Å². The Morgan fingerprint density at radius 2 is 2.04 bits per heavy atom. The Kier molecular flexibility index (Phi) is 4.48. The van der Waals surface area contributed by atoms with Crippen molar-refractivity contribution in [3.8, 4) is 0 Å². The SMILES string of the molecule is CC(=O)[C@H]1CCc2c(I)nn(C(=O)c3c(Cl)cccc3C3CC3)c2C1. The molecule has 4 rings (SSSR count). The molecule has 130 valence electrons. The number of fused-ring (bicyclic) bond motifs is 1. The average Bonchev–Trinajstić information content (AvgIpc) is 3.38. The van der Waals surface area contributed by atoms with Crippen LogP contribution in [-0.2, 0) is 17.6 Å². The maximum atomic E-state index is 13.3. The molecular weight excluding hydrogens is 451 g/mol. The lowest BCUT2D eigenvalue weighted by atomic mass is 9.85. The van der Waals surface area contributed by atoms with Gasteiger partial charge in [-0.05, 0) is 79.2 Å². The number of aromatic nitrogens is 2. The van der Waals surface area contributed by atoms with E-state index in [9.17, 15) is 9.59 Å². The van der Waals surface area contributed by atoms with Gasteiger partial charge in [-0.15, -0.1) is 0 Å². The fourth-order valence-corrected chi connectivity index (χ4v) is 4.75. The molecule has 0 N–H and O–H groups in total. The zero-order chi connectivity index (χ0) is 17.7. The maximum Gasteiger partial charge on any atom is 0.280 e. The fourth-order valence-electron chi connectivity index (χ4n) is 3.69. The summed E-state index contributed by atoms with van der Waals surface area (Å²) in [4.78, 5) is 25.1. The topological polar surface area (TPSA) is 52.0 Å². The summed E-state index contributed by atoms with van der Waals surface area (Å²) in [6.07, 6.45) is 4.40. The highest BCUT2D eigenvalue weighted by atomic mass is 127. The van der Waals surface area contributed by atoms with E-state index in [1.54, 1.807) is 13.0 Å². The van der Waals surface area contributed by atoms with Crippen molar-refractivity contribution >= 4 is 45.9 Å². The lowest BCUT2D eigenvalue weighted by Gasteiger charge is -2.21. The number of benzene rings is 1. The molecule has 0 bridgehead atoms. The van der Waals surface area contributed by atoms with E-state index < -0.39 is 0 Å². The third-order valence-electron chi connectivity index (χ3n) is 5.27. The molecule has 1 aromatic heterocycles. The Morgan fingerprint density at radius 1 is 1.28 bits per heavy atom. The summed E-state index contributed by atoms with van der Waals surface area (Å²) in [5, 5.41) is 4.99. The smallest absolute Gasteiger partial charge is 0.280 e. The van der Waals surface area contributed by atoms with Crippen molar-refractivity contribution in [2.45, 2.75) is 44.9 Å².